The fourth-order valence-corrected chi connectivity index (χ4v) is 5.08. The Labute approximate surface area is 130 Å². The quantitative estimate of drug-likeness (QED) is 0.761. The van der Waals surface area contributed by atoms with Crippen molar-refractivity contribution in [3.8, 4) is 0 Å². The Hall–Kier alpha value is -0.600. The second-order valence-electron chi connectivity index (χ2n) is 7.79. The van der Waals surface area contributed by atoms with Gasteiger partial charge in [0.2, 0.25) is 0 Å². The molecule has 0 spiro atoms. The summed E-state index contributed by atoms with van der Waals surface area (Å²) in [7, 11) is 0. The molecular weight excluding hydrogens is 260 g/mol. The third-order valence-corrected chi connectivity index (χ3v) is 6.26. The predicted octanol–water partition coefficient (Wildman–Crippen LogP) is 4.23. The summed E-state index contributed by atoms with van der Waals surface area (Å²) in [6.45, 7) is 11.0. The molecule has 0 aromatic heterocycles. The lowest BCUT2D eigenvalue weighted by Gasteiger charge is -2.57. The van der Waals surface area contributed by atoms with Gasteiger partial charge in [0.05, 0.1) is 12.2 Å². The van der Waals surface area contributed by atoms with Gasteiger partial charge < -0.3 is 10.2 Å². The monoisotopic (exact) mass is 292 g/mol. The van der Waals surface area contributed by atoms with Crippen LogP contribution in [0, 0.1) is 17.3 Å². The van der Waals surface area contributed by atoms with Crippen LogP contribution in [-0.2, 0) is 0 Å². The first kappa shape index (κ1) is 16.8. The van der Waals surface area contributed by atoms with E-state index in [0.717, 1.165) is 38.5 Å². The molecule has 120 valence electrons. The maximum atomic E-state index is 10.8. The SMILES string of the molecule is C=C1CC[C@@H]2[C@](C)(CCC[C@@]2(C)O)[C@H]1CC/C(C)=C\CO. The lowest BCUT2D eigenvalue weighted by molar-refractivity contribution is -0.125. The van der Waals surface area contributed by atoms with Gasteiger partial charge in [0.1, 0.15) is 0 Å². The largest absolute Gasteiger partial charge is 0.392 e. The molecular formula is C19H32O2. The minimum absolute atomic E-state index is 0.131. The minimum atomic E-state index is -0.512. The summed E-state index contributed by atoms with van der Waals surface area (Å²) in [6, 6.07) is 0. The molecule has 21 heavy (non-hydrogen) atoms. The fraction of sp³-hybridized carbons (Fsp3) is 0.789. The Bertz CT molecular complexity index is 421. The smallest absolute Gasteiger partial charge is 0.0653 e. The van der Waals surface area contributed by atoms with Crippen LogP contribution in [-0.4, -0.2) is 22.4 Å². The zero-order chi connectivity index (χ0) is 15.7. The van der Waals surface area contributed by atoms with E-state index in [1.165, 1.54) is 17.6 Å². The zero-order valence-corrected chi connectivity index (χ0v) is 14.0. The van der Waals surface area contributed by atoms with Gasteiger partial charge in [-0.3, -0.25) is 0 Å². The van der Waals surface area contributed by atoms with Gasteiger partial charge in [-0.15, -0.1) is 0 Å². The van der Waals surface area contributed by atoms with Crippen molar-refractivity contribution in [3.63, 3.8) is 0 Å². The summed E-state index contributed by atoms with van der Waals surface area (Å²) in [5.41, 5.74) is 2.32. The van der Waals surface area contributed by atoms with Crippen molar-refractivity contribution in [2.24, 2.45) is 17.3 Å². The summed E-state index contributed by atoms with van der Waals surface area (Å²) in [6.07, 6.45) is 9.45. The Morgan fingerprint density at radius 3 is 2.76 bits per heavy atom. The molecule has 2 N–H and O–H groups in total. The number of rotatable bonds is 4. The van der Waals surface area contributed by atoms with Crippen LogP contribution >= 0.6 is 0 Å². The van der Waals surface area contributed by atoms with Gasteiger partial charge >= 0.3 is 0 Å². The van der Waals surface area contributed by atoms with Crippen molar-refractivity contribution in [3.05, 3.63) is 23.8 Å². The van der Waals surface area contributed by atoms with Crippen molar-refractivity contribution >= 4 is 0 Å². The summed E-state index contributed by atoms with van der Waals surface area (Å²) < 4.78 is 0. The molecule has 4 atom stereocenters. The molecule has 0 aromatic carbocycles. The van der Waals surface area contributed by atoms with Gasteiger partial charge in [0.25, 0.3) is 0 Å². The van der Waals surface area contributed by atoms with Gasteiger partial charge in [-0.25, -0.2) is 0 Å². The van der Waals surface area contributed by atoms with Crippen molar-refractivity contribution in [2.75, 3.05) is 6.61 Å². The highest BCUT2D eigenvalue weighted by Crippen LogP contribution is 2.59. The van der Waals surface area contributed by atoms with Crippen LogP contribution in [0.1, 0.15) is 65.7 Å². The van der Waals surface area contributed by atoms with Crippen molar-refractivity contribution in [1.82, 2.24) is 0 Å². The van der Waals surface area contributed by atoms with Gasteiger partial charge in [-0.2, -0.15) is 0 Å². The van der Waals surface area contributed by atoms with Crippen LogP contribution < -0.4 is 0 Å². The maximum Gasteiger partial charge on any atom is 0.0653 e. The van der Waals surface area contributed by atoms with E-state index in [1.807, 2.05) is 13.0 Å². The molecule has 0 saturated heterocycles. The molecule has 0 unspecified atom stereocenters. The van der Waals surface area contributed by atoms with Gasteiger partial charge in [-0.1, -0.05) is 37.1 Å². The number of hydrogen-bond donors (Lipinski definition) is 2. The van der Waals surface area contributed by atoms with E-state index in [0.29, 0.717) is 11.8 Å². The first-order valence-electron chi connectivity index (χ1n) is 8.48. The van der Waals surface area contributed by atoms with E-state index < -0.39 is 5.60 Å². The molecule has 0 aliphatic heterocycles. The molecule has 2 aliphatic rings. The fourth-order valence-electron chi connectivity index (χ4n) is 5.08. The van der Waals surface area contributed by atoms with E-state index in [-0.39, 0.29) is 12.0 Å². The number of fused-ring (bicyclic) bond motifs is 1. The van der Waals surface area contributed by atoms with Crippen LogP contribution in [0.5, 0.6) is 0 Å². The molecule has 0 aromatic rings. The first-order chi connectivity index (χ1) is 9.81. The van der Waals surface area contributed by atoms with Crippen molar-refractivity contribution < 1.29 is 10.2 Å². The molecule has 0 radical (unpaired) electrons. The van der Waals surface area contributed by atoms with Crippen LogP contribution in [0.3, 0.4) is 0 Å². The molecule has 0 bridgehead atoms. The molecule has 2 rings (SSSR count). The van der Waals surface area contributed by atoms with Crippen molar-refractivity contribution in [2.45, 2.75) is 71.3 Å². The summed E-state index contributed by atoms with van der Waals surface area (Å²) in [5.74, 6) is 0.904. The lowest BCUT2D eigenvalue weighted by Crippen LogP contribution is -2.53. The summed E-state index contributed by atoms with van der Waals surface area (Å²) in [4.78, 5) is 0. The number of hydrogen-bond acceptors (Lipinski definition) is 2. The first-order valence-corrected chi connectivity index (χ1v) is 8.48. The topological polar surface area (TPSA) is 40.5 Å². The van der Waals surface area contributed by atoms with E-state index in [4.69, 9.17) is 5.11 Å². The maximum absolute atomic E-state index is 10.8. The summed E-state index contributed by atoms with van der Waals surface area (Å²) in [5, 5.41) is 19.8. The highest BCUT2D eigenvalue weighted by Gasteiger charge is 2.53. The Morgan fingerprint density at radius 1 is 1.38 bits per heavy atom. The predicted molar refractivity (Wildman–Crippen MR) is 88.0 cm³/mol. The molecule has 2 fully saturated rings. The molecule has 0 amide bonds. The standard InChI is InChI=1S/C19H32O2/c1-14(10-13-20)6-8-16-15(2)7-9-17-18(16,3)11-5-12-19(17,4)21/h10,16-17,20-21H,2,5-9,11-13H2,1,3-4H3/b14-10-/t16-,17+,18+,19+/m0/s1. The Balaban J connectivity index is 2.17. The molecule has 2 heteroatoms. The van der Waals surface area contributed by atoms with Crippen LogP contribution in [0.25, 0.3) is 0 Å². The normalized spacial score (nSPS) is 41.0. The molecule has 0 heterocycles. The average Bonchev–Trinajstić information content (AvgIpc) is 2.37. The van der Waals surface area contributed by atoms with E-state index in [9.17, 15) is 5.11 Å². The highest BCUT2D eigenvalue weighted by molar-refractivity contribution is 5.17. The minimum Gasteiger partial charge on any atom is -0.392 e. The van der Waals surface area contributed by atoms with Crippen LogP contribution in [0.15, 0.2) is 23.8 Å². The third kappa shape index (κ3) is 3.27. The summed E-state index contributed by atoms with van der Waals surface area (Å²) >= 11 is 0. The second-order valence-corrected chi connectivity index (χ2v) is 7.79. The third-order valence-electron chi connectivity index (χ3n) is 6.26. The molecule has 2 saturated carbocycles. The zero-order valence-electron chi connectivity index (χ0n) is 14.0. The second kappa shape index (κ2) is 6.26. The van der Waals surface area contributed by atoms with Crippen LogP contribution in [0.4, 0.5) is 0 Å². The molecule has 2 aliphatic carbocycles. The average molecular weight is 292 g/mol. The van der Waals surface area contributed by atoms with Gasteiger partial charge in [-0.05, 0) is 69.6 Å². The lowest BCUT2D eigenvalue weighted by atomic mass is 9.49. The van der Waals surface area contributed by atoms with E-state index in [2.05, 4.69) is 20.4 Å². The molecule has 2 nitrogen and oxygen atoms in total. The van der Waals surface area contributed by atoms with Gasteiger partial charge in [0, 0.05) is 0 Å². The highest BCUT2D eigenvalue weighted by atomic mass is 16.3. The van der Waals surface area contributed by atoms with E-state index >= 15 is 0 Å². The van der Waals surface area contributed by atoms with E-state index in [1.54, 1.807) is 0 Å². The number of aliphatic hydroxyl groups excluding tert-OH is 1. The van der Waals surface area contributed by atoms with Crippen molar-refractivity contribution in [1.29, 1.82) is 0 Å². The Morgan fingerprint density at radius 2 is 2.10 bits per heavy atom. The Kier molecular flexibility index (Phi) is 4.99. The van der Waals surface area contributed by atoms with Gasteiger partial charge in [0.15, 0.2) is 0 Å². The number of allylic oxidation sites excluding steroid dienone is 2. The van der Waals surface area contributed by atoms with Crippen LogP contribution in [0.2, 0.25) is 0 Å². The number of aliphatic hydroxyl groups is 2.